The Kier molecular flexibility index (Phi) is 7.26. The van der Waals surface area contributed by atoms with E-state index in [4.69, 9.17) is 9.47 Å². The second-order valence-corrected chi connectivity index (χ2v) is 12.6. The molecule has 3 heterocycles. The molecule has 0 bridgehead atoms. The molecule has 41 heavy (non-hydrogen) atoms. The number of benzene rings is 2. The number of carbonyl (C=O) groups is 1. The van der Waals surface area contributed by atoms with Crippen LogP contribution in [0.4, 0.5) is 4.39 Å². The molecule has 1 saturated heterocycles. The molecule has 0 spiro atoms. The van der Waals surface area contributed by atoms with Gasteiger partial charge in [-0.2, -0.15) is 0 Å². The Balaban J connectivity index is 1.32. The Morgan fingerprint density at radius 1 is 1.17 bits per heavy atom. The first-order chi connectivity index (χ1) is 19.6. The van der Waals surface area contributed by atoms with Gasteiger partial charge in [-0.05, 0) is 91.7 Å². The van der Waals surface area contributed by atoms with Crippen molar-refractivity contribution in [1.82, 2.24) is 9.88 Å². The normalized spacial score (nSPS) is 21.2. The molecule has 3 aromatic rings. The summed E-state index contributed by atoms with van der Waals surface area (Å²) >= 11 is 0. The van der Waals surface area contributed by atoms with Crippen molar-refractivity contribution in [3.05, 3.63) is 76.7 Å². The van der Waals surface area contributed by atoms with Gasteiger partial charge in [0.1, 0.15) is 17.7 Å². The molecule has 1 N–H and O–H groups in total. The predicted molar refractivity (Wildman–Crippen MR) is 156 cm³/mol. The average Bonchev–Trinajstić information content (AvgIpc) is 3.80. The van der Waals surface area contributed by atoms with Crippen LogP contribution in [0.2, 0.25) is 0 Å². The number of hydrogen-bond donors (Lipinski definition) is 1. The summed E-state index contributed by atoms with van der Waals surface area (Å²) in [7, 11) is 1.54. The number of halogens is 1. The minimum absolute atomic E-state index is 0.000191. The van der Waals surface area contributed by atoms with Gasteiger partial charge >= 0.3 is 5.97 Å². The zero-order valence-corrected chi connectivity index (χ0v) is 24.3. The molecule has 216 valence electrons. The number of nitrogens with zero attached hydrogens (tertiary/aromatic N) is 2. The molecule has 1 aliphatic carbocycles. The molecule has 0 amide bonds. The third-order valence-corrected chi connectivity index (χ3v) is 9.52. The highest BCUT2D eigenvalue weighted by atomic mass is 19.1. The second-order valence-electron chi connectivity index (χ2n) is 12.6. The number of aryl methyl sites for hydroxylation is 1. The standard InChI is InChI=1S/C34H39FN2O4/c1-20(33(38)39)32(22-6-7-22)24-8-5-21-10-12-29(41-30(21)16-24)23-9-11-26(27-17-31(40-4)36-18-28(27)35)25(15-23)19-37-14-13-34(37,2)3/h5,8-9,11,15-18,20,22,29,32H,6-7,10,12-14,19H2,1-4H3,(H,38,39)/t20-,29?,32-/m0/s1. The van der Waals surface area contributed by atoms with Crippen LogP contribution in [0.1, 0.15) is 80.7 Å². The van der Waals surface area contributed by atoms with Crippen LogP contribution in [0.15, 0.2) is 48.7 Å². The van der Waals surface area contributed by atoms with Crippen molar-refractivity contribution >= 4 is 5.97 Å². The van der Waals surface area contributed by atoms with Crippen molar-refractivity contribution in [1.29, 1.82) is 0 Å². The van der Waals surface area contributed by atoms with Crippen molar-refractivity contribution in [2.75, 3.05) is 13.7 Å². The van der Waals surface area contributed by atoms with E-state index in [0.717, 1.165) is 72.2 Å². The molecule has 1 saturated carbocycles. The Hall–Kier alpha value is -3.45. The molecule has 7 heteroatoms. The first-order valence-electron chi connectivity index (χ1n) is 14.7. The van der Waals surface area contributed by atoms with Crippen molar-refractivity contribution in [3.8, 4) is 22.8 Å². The van der Waals surface area contributed by atoms with E-state index in [1.807, 2.05) is 19.1 Å². The molecule has 2 fully saturated rings. The number of ether oxygens (including phenoxy) is 2. The fourth-order valence-electron chi connectivity index (χ4n) is 6.57. The summed E-state index contributed by atoms with van der Waals surface area (Å²) in [5.41, 5.74) is 5.75. The number of fused-ring (bicyclic) bond motifs is 1. The summed E-state index contributed by atoms with van der Waals surface area (Å²) in [5.74, 6) is 0.0878. The molecular formula is C34H39FN2O4. The highest BCUT2D eigenvalue weighted by Gasteiger charge is 2.39. The molecular weight excluding hydrogens is 519 g/mol. The molecule has 6 nitrogen and oxygen atoms in total. The summed E-state index contributed by atoms with van der Waals surface area (Å²) < 4.78 is 27.0. The van der Waals surface area contributed by atoms with Crippen LogP contribution in [-0.4, -0.2) is 40.2 Å². The Morgan fingerprint density at radius 2 is 1.98 bits per heavy atom. The molecule has 1 unspecified atom stereocenters. The topological polar surface area (TPSA) is 71.9 Å². The van der Waals surface area contributed by atoms with E-state index < -0.39 is 11.9 Å². The third kappa shape index (κ3) is 5.44. The molecule has 3 aliphatic rings. The van der Waals surface area contributed by atoms with Gasteiger partial charge in [0.05, 0.1) is 19.2 Å². The number of methoxy groups -OCH3 is 1. The lowest BCUT2D eigenvalue weighted by Gasteiger charge is -2.49. The highest BCUT2D eigenvalue weighted by Crippen LogP contribution is 2.48. The monoisotopic (exact) mass is 558 g/mol. The van der Waals surface area contributed by atoms with Crippen molar-refractivity contribution in [2.45, 2.75) is 77.0 Å². The maximum Gasteiger partial charge on any atom is 0.306 e. The highest BCUT2D eigenvalue weighted by molar-refractivity contribution is 5.71. The zero-order valence-electron chi connectivity index (χ0n) is 24.3. The van der Waals surface area contributed by atoms with Crippen molar-refractivity contribution in [3.63, 3.8) is 0 Å². The molecule has 6 rings (SSSR count). The van der Waals surface area contributed by atoms with E-state index in [1.165, 1.54) is 13.3 Å². The predicted octanol–water partition coefficient (Wildman–Crippen LogP) is 7.16. The van der Waals surface area contributed by atoms with Gasteiger partial charge in [0.25, 0.3) is 0 Å². The summed E-state index contributed by atoms with van der Waals surface area (Å²) in [4.78, 5) is 18.3. The van der Waals surface area contributed by atoms with Gasteiger partial charge in [-0.25, -0.2) is 9.37 Å². The van der Waals surface area contributed by atoms with Crippen LogP contribution in [0, 0.1) is 17.7 Å². The number of carboxylic acid groups (broad SMARTS) is 1. The number of rotatable bonds is 9. The second kappa shape index (κ2) is 10.8. The van der Waals surface area contributed by atoms with Crippen LogP contribution < -0.4 is 9.47 Å². The van der Waals surface area contributed by atoms with Gasteiger partial charge in [-0.3, -0.25) is 9.69 Å². The van der Waals surface area contributed by atoms with E-state index in [2.05, 4.69) is 48.0 Å². The maximum atomic E-state index is 15.1. The molecule has 3 atom stereocenters. The number of hydrogen-bond acceptors (Lipinski definition) is 5. The number of carboxylic acids is 1. The summed E-state index contributed by atoms with van der Waals surface area (Å²) in [6, 6.07) is 14.2. The third-order valence-electron chi connectivity index (χ3n) is 9.52. The lowest BCUT2D eigenvalue weighted by Crippen LogP contribution is -2.54. The number of aromatic nitrogens is 1. The summed E-state index contributed by atoms with van der Waals surface area (Å²) in [5, 5.41) is 9.74. The maximum absolute atomic E-state index is 15.1. The van der Waals surface area contributed by atoms with Gasteiger partial charge in [-0.1, -0.05) is 37.3 Å². The smallest absolute Gasteiger partial charge is 0.306 e. The van der Waals surface area contributed by atoms with Crippen molar-refractivity contribution < 1.29 is 23.8 Å². The van der Waals surface area contributed by atoms with E-state index >= 15 is 4.39 Å². The van der Waals surface area contributed by atoms with Gasteiger partial charge < -0.3 is 14.6 Å². The minimum Gasteiger partial charge on any atom is -0.485 e. The molecule has 0 radical (unpaired) electrons. The van der Waals surface area contributed by atoms with Crippen LogP contribution in [-0.2, 0) is 17.8 Å². The van der Waals surface area contributed by atoms with E-state index in [1.54, 1.807) is 6.07 Å². The van der Waals surface area contributed by atoms with Crippen LogP contribution in [0.5, 0.6) is 11.6 Å². The van der Waals surface area contributed by atoms with Crippen LogP contribution in [0.25, 0.3) is 11.1 Å². The van der Waals surface area contributed by atoms with Crippen LogP contribution in [0.3, 0.4) is 0 Å². The lowest BCUT2D eigenvalue weighted by molar-refractivity contribution is -0.142. The minimum atomic E-state index is -0.750. The molecule has 1 aromatic heterocycles. The van der Waals surface area contributed by atoms with Crippen LogP contribution >= 0.6 is 0 Å². The van der Waals surface area contributed by atoms with Gasteiger partial charge in [-0.15, -0.1) is 0 Å². The quantitative estimate of drug-likeness (QED) is 0.300. The number of likely N-dealkylation sites (tertiary alicyclic amines) is 1. The Labute approximate surface area is 241 Å². The largest absolute Gasteiger partial charge is 0.485 e. The van der Waals surface area contributed by atoms with Crippen molar-refractivity contribution in [2.24, 2.45) is 11.8 Å². The SMILES string of the molecule is COc1cc(-c2ccc(C3CCc4ccc([C@H](C5CC5)[C@H](C)C(=O)O)cc4O3)cc2CN2CCC2(C)C)c(F)cn1. The Bertz CT molecular complexity index is 1470. The van der Waals surface area contributed by atoms with E-state index in [-0.39, 0.29) is 23.4 Å². The fourth-order valence-corrected chi connectivity index (χ4v) is 6.57. The fraction of sp³-hybridized carbons (Fsp3) is 0.471. The summed E-state index contributed by atoms with van der Waals surface area (Å²) in [6.45, 7) is 8.03. The lowest BCUT2D eigenvalue weighted by atomic mass is 9.82. The first kappa shape index (κ1) is 27.7. The summed E-state index contributed by atoms with van der Waals surface area (Å²) in [6.07, 6.45) is 6.10. The average molecular weight is 559 g/mol. The molecule has 2 aliphatic heterocycles. The first-order valence-corrected chi connectivity index (χ1v) is 14.7. The van der Waals surface area contributed by atoms with E-state index in [9.17, 15) is 9.90 Å². The van der Waals surface area contributed by atoms with E-state index in [0.29, 0.717) is 23.9 Å². The van der Waals surface area contributed by atoms with Gasteiger partial charge in [0.2, 0.25) is 5.88 Å². The molecule has 2 aromatic carbocycles. The zero-order chi connectivity index (χ0) is 28.9. The number of pyridine rings is 1. The van der Waals surface area contributed by atoms with Gasteiger partial charge in [0.15, 0.2) is 0 Å². The Morgan fingerprint density at radius 3 is 2.63 bits per heavy atom. The number of aliphatic carboxylic acids is 1. The van der Waals surface area contributed by atoms with Gasteiger partial charge in [0, 0.05) is 30.3 Å².